The Morgan fingerprint density at radius 2 is 2.33 bits per heavy atom. The van der Waals surface area contributed by atoms with Gasteiger partial charge in [0.05, 0.1) is 17.4 Å². The summed E-state index contributed by atoms with van der Waals surface area (Å²) < 4.78 is 1.71. The first kappa shape index (κ1) is 14.0. The number of aliphatic hydroxyl groups is 1. The molecular formula is C15H20N4O2. The van der Waals surface area contributed by atoms with Crippen molar-refractivity contribution in [2.75, 3.05) is 6.54 Å². The zero-order chi connectivity index (χ0) is 15.0. The third kappa shape index (κ3) is 2.63. The van der Waals surface area contributed by atoms with Crippen LogP contribution >= 0.6 is 0 Å². The van der Waals surface area contributed by atoms with Crippen LogP contribution in [0.25, 0.3) is 11.0 Å². The predicted octanol–water partition coefficient (Wildman–Crippen LogP) is 1.17. The zero-order valence-electron chi connectivity index (χ0n) is 12.3. The lowest BCUT2D eigenvalue weighted by atomic mass is 10.1. The van der Waals surface area contributed by atoms with Crippen molar-refractivity contribution in [1.29, 1.82) is 0 Å². The highest BCUT2D eigenvalue weighted by Crippen LogP contribution is 2.24. The number of aromatic nitrogens is 3. The third-order valence-corrected chi connectivity index (χ3v) is 4.27. The highest BCUT2D eigenvalue weighted by atomic mass is 16.3. The fourth-order valence-corrected chi connectivity index (χ4v) is 3.01. The summed E-state index contributed by atoms with van der Waals surface area (Å²) in [6, 6.07) is 1.82. The molecule has 6 nitrogen and oxygen atoms in total. The Balaban J connectivity index is 1.74. The van der Waals surface area contributed by atoms with Crippen molar-refractivity contribution in [2.45, 2.75) is 32.3 Å². The Morgan fingerprint density at radius 1 is 1.52 bits per heavy atom. The van der Waals surface area contributed by atoms with Gasteiger partial charge in [0.2, 0.25) is 0 Å². The second-order valence-electron chi connectivity index (χ2n) is 5.77. The molecule has 0 radical (unpaired) electrons. The largest absolute Gasteiger partial charge is 0.393 e. The molecule has 0 aliphatic heterocycles. The lowest BCUT2D eigenvalue weighted by Crippen LogP contribution is -2.32. The number of aryl methyl sites for hydroxylation is 2. The van der Waals surface area contributed by atoms with Gasteiger partial charge in [-0.05, 0) is 25.8 Å². The second-order valence-corrected chi connectivity index (χ2v) is 5.77. The van der Waals surface area contributed by atoms with Gasteiger partial charge in [0.25, 0.3) is 5.91 Å². The van der Waals surface area contributed by atoms with Crippen molar-refractivity contribution in [3.05, 3.63) is 23.5 Å². The molecule has 0 saturated heterocycles. The van der Waals surface area contributed by atoms with Crippen LogP contribution in [0.3, 0.4) is 0 Å². The van der Waals surface area contributed by atoms with Crippen LogP contribution < -0.4 is 5.32 Å². The molecule has 112 valence electrons. The van der Waals surface area contributed by atoms with Gasteiger partial charge in [-0.25, -0.2) is 4.98 Å². The molecule has 1 saturated carbocycles. The van der Waals surface area contributed by atoms with Crippen LogP contribution in [0.1, 0.15) is 35.3 Å². The molecule has 6 heteroatoms. The average molecular weight is 288 g/mol. The number of fused-ring (bicyclic) bond motifs is 1. The van der Waals surface area contributed by atoms with Crippen molar-refractivity contribution in [3.63, 3.8) is 0 Å². The van der Waals surface area contributed by atoms with Crippen molar-refractivity contribution in [3.8, 4) is 0 Å². The molecule has 21 heavy (non-hydrogen) atoms. The van der Waals surface area contributed by atoms with E-state index in [1.54, 1.807) is 10.9 Å². The Labute approximate surface area is 123 Å². The molecule has 0 aromatic carbocycles. The number of carbonyl (C=O) groups excluding carboxylic acids is 1. The molecule has 1 fully saturated rings. The molecular weight excluding hydrogens is 268 g/mol. The molecule has 2 N–H and O–H groups in total. The van der Waals surface area contributed by atoms with Gasteiger partial charge in [-0.15, -0.1) is 0 Å². The molecule has 1 aliphatic carbocycles. The number of rotatable bonds is 3. The Kier molecular flexibility index (Phi) is 3.63. The fraction of sp³-hybridized carbons (Fsp3) is 0.533. The summed E-state index contributed by atoms with van der Waals surface area (Å²) in [5.74, 6) is 0.0255. The van der Waals surface area contributed by atoms with Crippen molar-refractivity contribution < 1.29 is 9.90 Å². The standard InChI is InChI=1S/C15H20N4O2/c1-9-12-6-11(8-16-14(12)19(2)18-9)15(21)17-7-10-4-3-5-13(10)20/h6,8,10,13,20H,3-5,7H2,1-2H3,(H,17,21). The van der Waals surface area contributed by atoms with Gasteiger partial charge in [0.1, 0.15) is 0 Å². The molecule has 2 aromatic rings. The van der Waals surface area contributed by atoms with Crippen molar-refractivity contribution >= 4 is 16.9 Å². The quantitative estimate of drug-likeness (QED) is 0.888. The van der Waals surface area contributed by atoms with E-state index in [1.807, 2.05) is 20.0 Å². The van der Waals surface area contributed by atoms with Gasteiger partial charge in [0.15, 0.2) is 5.65 Å². The minimum atomic E-state index is -0.286. The summed E-state index contributed by atoms with van der Waals surface area (Å²) >= 11 is 0. The Bertz CT molecular complexity index is 680. The van der Waals surface area contributed by atoms with Gasteiger partial charge in [-0.1, -0.05) is 6.42 Å². The summed E-state index contributed by atoms with van der Waals surface area (Å²) in [6.45, 7) is 2.42. The monoisotopic (exact) mass is 288 g/mol. The minimum Gasteiger partial charge on any atom is -0.393 e. The van der Waals surface area contributed by atoms with E-state index in [9.17, 15) is 9.90 Å². The van der Waals surface area contributed by atoms with E-state index in [-0.39, 0.29) is 17.9 Å². The molecule has 1 aliphatic rings. The highest BCUT2D eigenvalue weighted by Gasteiger charge is 2.25. The maximum Gasteiger partial charge on any atom is 0.252 e. The van der Waals surface area contributed by atoms with E-state index in [0.29, 0.717) is 12.1 Å². The first-order chi connectivity index (χ1) is 10.1. The smallest absolute Gasteiger partial charge is 0.252 e. The van der Waals surface area contributed by atoms with E-state index >= 15 is 0 Å². The molecule has 2 heterocycles. The minimum absolute atomic E-state index is 0.147. The fourth-order valence-electron chi connectivity index (χ4n) is 3.01. The normalized spacial score (nSPS) is 21.9. The Hall–Kier alpha value is -1.95. The van der Waals surface area contributed by atoms with Crippen molar-refractivity contribution in [2.24, 2.45) is 13.0 Å². The SMILES string of the molecule is Cc1nn(C)c2ncc(C(=O)NCC3CCCC3O)cc12. The Morgan fingerprint density at radius 3 is 3.05 bits per heavy atom. The number of pyridine rings is 1. The van der Waals surface area contributed by atoms with E-state index in [4.69, 9.17) is 0 Å². The van der Waals surface area contributed by atoms with E-state index in [0.717, 1.165) is 36.0 Å². The van der Waals surface area contributed by atoms with E-state index in [2.05, 4.69) is 15.4 Å². The zero-order valence-corrected chi connectivity index (χ0v) is 12.3. The molecule has 3 rings (SSSR count). The molecule has 2 atom stereocenters. The summed E-state index contributed by atoms with van der Waals surface area (Å²) in [5, 5.41) is 17.9. The first-order valence-electron chi connectivity index (χ1n) is 7.32. The molecule has 0 bridgehead atoms. The molecule has 2 aromatic heterocycles. The van der Waals surface area contributed by atoms with Crippen LogP contribution in [-0.4, -0.2) is 38.4 Å². The second kappa shape index (κ2) is 5.44. The highest BCUT2D eigenvalue weighted by molar-refractivity contribution is 5.97. The van der Waals surface area contributed by atoms with E-state index < -0.39 is 0 Å². The van der Waals surface area contributed by atoms with Gasteiger partial charge in [-0.3, -0.25) is 9.48 Å². The number of nitrogens with zero attached hydrogens (tertiary/aromatic N) is 3. The van der Waals surface area contributed by atoms with E-state index in [1.165, 1.54) is 0 Å². The van der Waals surface area contributed by atoms with Crippen LogP contribution in [0.2, 0.25) is 0 Å². The van der Waals surface area contributed by atoms with Crippen LogP contribution in [0, 0.1) is 12.8 Å². The van der Waals surface area contributed by atoms with Crippen LogP contribution in [-0.2, 0) is 7.05 Å². The van der Waals surface area contributed by atoms with Crippen molar-refractivity contribution in [1.82, 2.24) is 20.1 Å². The lowest BCUT2D eigenvalue weighted by molar-refractivity contribution is 0.0916. The summed E-state index contributed by atoms with van der Waals surface area (Å²) in [6.07, 6.45) is 4.13. The predicted molar refractivity (Wildman–Crippen MR) is 78.9 cm³/mol. The maximum absolute atomic E-state index is 12.2. The summed E-state index contributed by atoms with van der Waals surface area (Å²) in [5.41, 5.74) is 2.17. The molecule has 0 spiro atoms. The van der Waals surface area contributed by atoms with Crippen LogP contribution in [0.5, 0.6) is 0 Å². The number of carbonyl (C=O) groups is 1. The molecule has 2 unspecified atom stereocenters. The third-order valence-electron chi connectivity index (χ3n) is 4.27. The topological polar surface area (TPSA) is 80.0 Å². The van der Waals surface area contributed by atoms with Crippen LogP contribution in [0.4, 0.5) is 0 Å². The average Bonchev–Trinajstić information content (AvgIpc) is 3.00. The molecule has 1 amide bonds. The summed E-state index contributed by atoms with van der Waals surface area (Å²) in [7, 11) is 1.84. The van der Waals surface area contributed by atoms with Gasteiger partial charge in [0, 0.05) is 31.1 Å². The first-order valence-corrected chi connectivity index (χ1v) is 7.32. The van der Waals surface area contributed by atoms with Gasteiger partial charge < -0.3 is 10.4 Å². The number of aliphatic hydroxyl groups excluding tert-OH is 1. The van der Waals surface area contributed by atoms with Gasteiger partial charge >= 0.3 is 0 Å². The lowest BCUT2D eigenvalue weighted by Gasteiger charge is -2.14. The van der Waals surface area contributed by atoms with Crippen LogP contribution in [0.15, 0.2) is 12.3 Å². The number of hydrogen-bond donors (Lipinski definition) is 2. The summed E-state index contributed by atoms with van der Waals surface area (Å²) in [4.78, 5) is 16.5. The maximum atomic E-state index is 12.2. The van der Waals surface area contributed by atoms with Gasteiger partial charge in [-0.2, -0.15) is 5.10 Å². The number of nitrogens with one attached hydrogen (secondary N) is 1. The number of hydrogen-bond acceptors (Lipinski definition) is 4. The number of amides is 1.